The van der Waals surface area contributed by atoms with Crippen molar-refractivity contribution in [2.45, 2.75) is 38.3 Å². The first kappa shape index (κ1) is 19.4. The van der Waals surface area contributed by atoms with E-state index in [1.54, 1.807) is 24.3 Å². The SMILES string of the molecule is CC(=O)c1ccc(N2C(=O)[C@@H]3[C@@H]4CCCN4[C@@]4(C(=O)Nc5ccc(C)cc54)[C@H]3C2=O)cc1. The van der Waals surface area contributed by atoms with Gasteiger partial charge in [0.1, 0.15) is 5.54 Å². The van der Waals surface area contributed by atoms with Crippen molar-refractivity contribution in [1.29, 1.82) is 0 Å². The summed E-state index contributed by atoms with van der Waals surface area (Å²) in [5, 5.41) is 2.99. The Labute approximate surface area is 185 Å². The summed E-state index contributed by atoms with van der Waals surface area (Å²) in [6, 6.07) is 12.2. The number of nitrogens with zero attached hydrogens (tertiary/aromatic N) is 2. The molecule has 3 fully saturated rings. The summed E-state index contributed by atoms with van der Waals surface area (Å²) >= 11 is 0. The molecule has 4 aliphatic heterocycles. The zero-order valence-corrected chi connectivity index (χ0v) is 17.9. The molecule has 2 aromatic carbocycles. The Bertz CT molecular complexity index is 1220. The lowest BCUT2D eigenvalue weighted by Gasteiger charge is -2.36. The van der Waals surface area contributed by atoms with Crippen LogP contribution < -0.4 is 10.2 Å². The van der Waals surface area contributed by atoms with Crippen molar-refractivity contribution in [2.24, 2.45) is 11.8 Å². The van der Waals surface area contributed by atoms with Crippen LogP contribution in [0.2, 0.25) is 0 Å². The number of amides is 3. The van der Waals surface area contributed by atoms with E-state index < -0.39 is 17.4 Å². The highest BCUT2D eigenvalue weighted by molar-refractivity contribution is 6.26. The molecule has 32 heavy (non-hydrogen) atoms. The van der Waals surface area contributed by atoms with Gasteiger partial charge in [0.25, 0.3) is 0 Å². The molecule has 3 saturated heterocycles. The number of hydrogen-bond acceptors (Lipinski definition) is 5. The second-order valence-electron chi connectivity index (χ2n) is 9.29. The minimum atomic E-state index is -1.16. The summed E-state index contributed by atoms with van der Waals surface area (Å²) in [6.07, 6.45) is 1.67. The van der Waals surface area contributed by atoms with Crippen molar-refractivity contribution in [3.8, 4) is 0 Å². The molecule has 1 spiro atoms. The highest BCUT2D eigenvalue weighted by Gasteiger charge is 2.74. The molecule has 7 heteroatoms. The molecular weight excluding hydrogens is 406 g/mol. The highest BCUT2D eigenvalue weighted by Crippen LogP contribution is 2.60. The van der Waals surface area contributed by atoms with Gasteiger partial charge in [0.15, 0.2) is 5.78 Å². The number of aryl methyl sites for hydroxylation is 1. The number of anilines is 2. The zero-order valence-electron chi connectivity index (χ0n) is 17.9. The molecule has 0 saturated carbocycles. The third-order valence-corrected chi connectivity index (χ3v) is 7.68. The van der Waals surface area contributed by atoms with E-state index in [1.807, 2.05) is 25.1 Å². The molecule has 7 nitrogen and oxygen atoms in total. The summed E-state index contributed by atoms with van der Waals surface area (Å²) in [5.41, 5.74) is 2.34. The Kier molecular flexibility index (Phi) is 3.85. The maximum absolute atomic E-state index is 13.9. The van der Waals surface area contributed by atoms with E-state index in [9.17, 15) is 19.2 Å². The average Bonchev–Trinajstić information content (AvgIpc) is 3.47. The number of rotatable bonds is 2. The normalized spacial score (nSPS) is 30.6. The molecule has 0 radical (unpaired) electrons. The highest BCUT2D eigenvalue weighted by atomic mass is 16.2. The summed E-state index contributed by atoms with van der Waals surface area (Å²) in [7, 11) is 0. The molecule has 3 amide bonds. The largest absolute Gasteiger partial charge is 0.324 e. The minimum absolute atomic E-state index is 0.0809. The second kappa shape index (κ2) is 6.36. The Balaban J connectivity index is 1.51. The third-order valence-electron chi connectivity index (χ3n) is 7.68. The van der Waals surface area contributed by atoms with E-state index >= 15 is 0 Å². The van der Waals surface area contributed by atoms with Crippen LogP contribution in [0.4, 0.5) is 11.4 Å². The molecule has 0 unspecified atom stereocenters. The topological polar surface area (TPSA) is 86.8 Å². The first-order chi connectivity index (χ1) is 15.4. The Morgan fingerprint density at radius 1 is 1.06 bits per heavy atom. The standard InChI is InChI=1S/C25H23N3O4/c1-13-5-10-18-17(12-13)25(24(32)26-18)21-20(19-4-3-11-27(19)25)22(30)28(23(21)31)16-8-6-15(7-9-16)14(2)29/h5-10,12,19-21H,3-4,11H2,1-2H3,(H,26,32)/t19-,20+,21+,25+/m0/s1. The van der Waals surface area contributed by atoms with Crippen LogP contribution >= 0.6 is 0 Å². The molecule has 4 atom stereocenters. The predicted molar refractivity (Wildman–Crippen MR) is 117 cm³/mol. The zero-order chi connectivity index (χ0) is 22.4. The fraction of sp³-hybridized carbons (Fsp3) is 0.360. The van der Waals surface area contributed by atoms with Gasteiger partial charge in [0, 0.05) is 22.9 Å². The Morgan fingerprint density at radius 3 is 2.53 bits per heavy atom. The van der Waals surface area contributed by atoms with Gasteiger partial charge in [0.05, 0.1) is 17.5 Å². The van der Waals surface area contributed by atoms with Crippen LogP contribution in [0.15, 0.2) is 42.5 Å². The van der Waals surface area contributed by atoms with E-state index in [0.29, 0.717) is 17.8 Å². The van der Waals surface area contributed by atoms with Crippen molar-refractivity contribution in [2.75, 3.05) is 16.8 Å². The molecule has 2 aromatic rings. The quantitative estimate of drug-likeness (QED) is 0.586. The maximum Gasteiger partial charge on any atom is 0.250 e. The van der Waals surface area contributed by atoms with E-state index in [0.717, 1.165) is 29.7 Å². The van der Waals surface area contributed by atoms with Crippen LogP contribution in [0.3, 0.4) is 0 Å². The number of carbonyl (C=O) groups is 4. The van der Waals surface area contributed by atoms with Gasteiger partial charge in [-0.2, -0.15) is 0 Å². The van der Waals surface area contributed by atoms with E-state index in [-0.39, 0.29) is 29.5 Å². The number of carbonyl (C=O) groups excluding carboxylic acids is 4. The van der Waals surface area contributed by atoms with Crippen molar-refractivity contribution >= 4 is 34.9 Å². The molecule has 162 valence electrons. The van der Waals surface area contributed by atoms with Gasteiger partial charge < -0.3 is 5.32 Å². The van der Waals surface area contributed by atoms with Crippen molar-refractivity contribution < 1.29 is 19.2 Å². The van der Waals surface area contributed by atoms with Crippen LogP contribution in [-0.2, 0) is 19.9 Å². The van der Waals surface area contributed by atoms with Gasteiger partial charge in [-0.25, -0.2) is 4.90 Å². The number of benzene rings is 2. The molecule has 4 aliphatic rings. The van der Waals surface area contributed by atoms with E-state index in [1.165, 1.54) is 11.8 Å². The number of hydrogen-bond donors (Lipinski definition) is 1. The number of ketones is 1. The van der Waals surface area contributed by atoms with Gasteiger partial charge >= 0.3 is 0 Å². The lowest BCUT2D eigenvalue weighted by atomic mass is 9.75. The van der Waals surface area contributed by atoms with E-state index in [2.05, 4.69) is 10.2 Å². The summed E-state index contributed by atoms with van der Waals surface area (Å²) in [4.78, 5) is 56.1. The number of imide groups is 1. The minimum Gasteiger partial charge on any atom is -0.324 e. The first-order valence-corrected chi connectivity index (χ1v) is 11.0. The number of Topliss-reactive ketones (excluding diaryl/α,β-unsaturated/α-hetero) is 1. The molecule has 1 N–H and O–H groups in total. The van der Waals surface area contributed by atoms with Gasteiger partial charge in [-0.05, 0) is 63.6 Å². The Morgan fingerprint density at radius 2 is 1.81 bits per heavy atom. The molecule has 6 rings (SSSR count). The lowest BCUT2D eigenvalue weighted by molar-refractivity contribution is -0.135. The lowest BCUT2D eigenvalue weighted by Crippen LogP contribution is -2.54. The van der Waals surface area contributed by atoms with Crippen molar-refractivity contribution in [3.63, 3.8) is 0 Å². The predicted octanol–water partition coefficient (Wildman–Crippen LogP) is 2.63. The molecule has 0 aromatic heterocycles. The molecule has 0 aliphatic carbocycles. The third kappa shape index (κ3) is 2.19. The van der Waals surface area contributed by atoms with Crippen molar-refractivity contribution in [3.05, 3.63) is 59.2 Å². The first-order valence-electron chi connectivity index (χ1n) is 11.0. The average molecular weight is 429 g/mol. The molecular formula is C25H23N3O4. The van der Waals surface area contributed by atoms with Crippen molar-refractivity contribution in [1.82, 2.24) is 4.90 Å². The summed E-state index contributed by atoms with van der Waals surface area (Å²) in [5.74, 6) is -2.21. The van der Waals surface area contributed by atoms with Gasteiger partial charge in [-0.1, -0.05) is 17.7 Å². The second-order valence-corrected chi connectivity index (χ2v) is 9.29. The summed E-state index contributed by atoms with van der Waals surface area (Å²) < 4.78 is 0. The van der Waals surface area contributed by atoms with Crippen LogP contribution in [0.5, 0.6) is 0 Å². The van der Waals surface area contributed by atoms with Crippen LogP contribution in [0.1, 0.15) is 41.3 Å². The van der Waals surface area contributed by atoms with Crippen LogP contribution in [0, 0.1) is 18.8 Å². The van der Waals surface area contributed by atoms with Gasteiger partial charge in [0.2, 0.25) is 17.7 Å². The van der Waals surface area contributed by atoms with E-state index in [4.69, 9.17) is 0 Å². The Hall–Kier alpha value is -3.32. The smallest absolute Gasteiger partial charge is 0.250 e. The number of nitrogens with one attached hydrogen (secondary N) is 1. The van der Waals surface area contributed by atoms with Crippen LogP contribution in [0.25, 0.3) is 0 Å². The molecule has 0 bridgehead atoms. The number of fused-ring (bicyclic) bond motifs is 7. The fourth-order valence-electron chi connectivity index (χ4n) is 6.42. The van der Waals surface area contributed by atoms with Gasteiger partial charge in [-0.15, -0.1) is 0 Å². The molecule has 4 heterocycles. The van der Waals surface area contributed by atoms with Crippen LogP contribution in [-0.4, -0.2) is 41.0 Å². The fourth-order valence-corrected chi connectivity index (χ4v) is 6.42. The monoisotopic (exact) mass is 429 g/mol. The maximum atomic E-state index is 13.9. The van der Waals surface area contributed by atoms with Gasteiger partial charge in [-0.3, -0.25) is 24.1 Å². The summed E-state index contributed by atoms with van der Waals surface area (Å²) in [6.45, 7) is 4.13.